The van der Waals surface area contributed by atoms with Gasteiger partial charge in [-0.15, -0.1) is 0 Å². The van der Waals surface area contributed by atoms with Crippen molar-refractivity contribution in [1.29, 1.82) is 0 Å². The standard InChI is InChI=1S/C17H25NO2/c1-4-7-13(2)11-19-12-15-14-8-5-6-9-16(14)20-17(15)10-18-3/h5-6,8-9,13,18H,4,7,10-12H2,1-3H3. The van der Waals surface area contributed by atoms with E-state index in [1.54, 1.807) is 0 Å². The minimum atomic E-state index is 0.617. The third-order valence-corrected chi connectivity index (χ3v) is 3.55. The molecule has 20 heavy (non-hydrogen) atoms. The molecule has 0 aliphatic carbocycles. The first kappa shape index (κ1) is 15.1. The zero-order chi connectivity index (χ0) is 14.4. The summed E-state index contributed by atoms with van der Waals surface area (Å²) in [5.41, 5.74) is 2.12. The quantitative estimate of drug-likeness (QED) is 0.787. The molecule has 0 saturated carbocycles. The summed E-state index contributed by atoms with van der Waals surface area (Å²) in [4.78, 5) is 0. The fraction of sp³-hybridized carbons (Fsp3) is 0.529. The van der Waals surface area contributed by atoms with Gasteiger partial charge in [-0.1, -0.05) is 38.5 Å². The number of nitrogens with one attached hydrogen (secondary N) is 1. The number of benzene rings is 1. The van der Waals surface area contributed by atoms with Gasteiger partial charge in [-0.3, -0.25) is 0 Å². The lowest BCUT2D eigenvalue weighted by atomic mass is 10.1. The summed E-state index contributed by atoms with van der Waals surface area (Å²) in [5.74, 6) is 1.60. The minimum absolute atomic E-state index is 0.617. The minimum Gasteiger partial charge on any atom is -0.459 e. The Morgan fingerprint density at radius 1 is 1.30 bits per heavy atom. The maximum absolute atomic E-state index is 5.90. The summed E-state index contributed by atoms with van der Waals surface area (Å²) < 4.78 is 11.8. The van der Waals surface area contributed by atoms with Gasteiger partial charge in [0, 0.05) is 17.6 Å². The maximum Gasteiger partial charge on any atom is 0.134 e. The van der Waals surface area contributed by atoms with Gasteiger partial charge in [-0.05, 0) is 25.5 Å². The third-order valence-electron chi connectivity index (χ3n) is 3.55. The second-order valence-corrected chi connectivity index (χ2v) is 5.44. The molecule has 1 atom stereocenters. The van der Waals surface area contributed by atoms with E-state index >= 15 is 0 Å². The molecule has 0 amide bonds. The Kier molecular flexibility index (Phi) is 5.62. The molecule has 2 rings (SSSR count). The summed E-state index contributed by atoms with van der Waals surface area (Å²) in [7, 11) is 1.93. The van der Waals surface area contributed by atoms with E-state index in [2.05, 4.69) is 25.2 Å². The molecule has 1 N–H and O–H groups in total. The molecule has 1 aromatic carbocycles. The molecule has 0 saturated heterocycles. The summed E-state index contributed by atoms with van der Waals surface area (Å²) in [6, 6.07) is 8.16. The van der Waals surface area contributed by atoms with Gasteiger partial charge in [0.15, 0.2) is 0 Å². The third kappa shape index (κ3) is 3.62. The number of hydrogen-bond donors (Lipinski definition) is 1. The molecule has 2 aromatic rings. The first-order valence-electron chi connectivity index (χ1n) is 7.47. The van der Waals surface area contributed by atoms with Crippen LogP contribution in [0, 0.1) is 5.92 Å². The highest BCUT2D eigenvalue weighted by Crippen LogP contribution is 2.26. The highest BCUT2D eigenvalue weighted by molar-refractivity contribution is 5.82. The summed E-state index contributed by atoms with van der Waals surface area (Å²) in [6.45, 7) is 6.63. The van der Waals surface area contributed by atoms with Crippen LogP contribution in [0.15, 0.2) is 28.7 Å². The molecular weight excluding hydrogens is 250 g/mol. The number of ether oxygens (including phenoxy) is 1. The lowest BCUT2D eigenvalue weighted by Crippen LogP contribution is -2.09. The molecular formula is C17H25NO2. The van der Waals surface area contributed by atoms with Crippen LogP contribution in [0.3, 0.4) is 0 Å². The van der Waals surface area contributed by atoms with Crippen LogP contribution in [0.2, 0.25) is 0 Å². The molecule has 0 fully saturated rings. The van der Waals surface area contributed by atoms with Crippen LogP contribution in [0.4, 0.5) is 0 Å². The van der Waals surface area contributed by atoms with Gasteiger partial charge in [-0.25, -0.2) is 0 Å². The van der Waals surface area contributed by atoms with Gasteiger partial charge in [0.25, 0.3) is 0 Å². The van der Waals surface area contributed by atoms with Crippen molar-refractivity contribution in [2.75, 3.05) is 13.7 Å². The fourth-order valence-electron chi connectivity index (χ4n) is 2.55. The van der Waals surface area contributed by atoms with Crippen molar-refractivity contribution in [3.05, 3.63) is 35.6 Å². The van der Waals surface area contributed by atoms with Gasteiger partial charge in [-0.2, -0.15) is 0 Å². The van der Waals surface area contributed by atoms with E-state index < -0.39 is 0 Å². The number of hydrogen-bond acceptors (Lipinski definition) is 3. The van der Waals surface area contributed by atoms with Crippen LogP contribution < -0.4 is 5.32 Å². The van der Waals surface area contributed by atoms with Gasteiger partial charge in [0.05, 0.1) is 13.2 Å². The second-order valence-electron chi connectivity index (χ2n) is 5.44. The molecule has 0 bridgehead atoms. The van der Waals surface area contributed by atoms with Crippen molar-refractivity contribution in [2.45, 2.75) is 39.8 Å². The monoisotopic (exact) mass is 275 g/mol. The van der Waals surface area contributed by atoms with E-state index in [0.29, 0.717) is 12.5 Å². The molecule has 0 radical (unpaired) electrons. The number of furan rings is 1. The number of rotatable bonds is 8. The van der Waals surface area contributed by atoms with Crippen molar-refractivity contribution in [3.8, 4) is 0 Å². The molecule has 0 spiro atoms. The molecule has 0 aliphatic heterocycles. The van der Waals surface area contributed by atoms with Crippen LogP contribution in [0.1, 0.15) is 38.0 Å². The van der Waals surface area contributed by atoms with Crippen molar-refractivity contribution in [3.63, 3.8) is 0 Å². The van der Waals surface area contributed by atoms with E-state index in [4.69, 9.17) is 9.15 Å². The first-order chi connectivity index (χ1) is 9.76. The number of para-hydroxylation sites is 1. The van der Waals surface area contributed by atoms with Crippen LogP contribution in [0.5, 0.6) is 0 Å². The average molecular weight is 275 g/mol. The molecule has 110 valence electrons. The van der Waals surface area contributed by atoms with Crippen LogP contribution in [-0.4, -0.2) is 13.7 Å². The Morgan fingerprint density at radius 2 is 2.10 bits per heavy atom. The molecule has 1 heterocycles. The van der Waals surface area contributed by atoms with Gasteiger partial charge in [0.1, 0.15) is 11.3 Å². The van der Waals surface area contributed by atoms with E-state index in [9.17, 15) is 0 Å². The predicted molar refractivity (Wildman–Crippen MR) is 82.7 cm³/mol. The topological polar surface area (TPSA) is 34.4 Å². The Balaban J connectivity index is 2.09. The van der Waals surface area contributed by atoms with Gasteiger partial charge < -0.3 is 14.5 Å². The summed E-state index contributed by atoms with van der Waals surface area (Å²) >= 11 is 0. The number of fused-ring (bicyclic) bond motifs is 1. The van der Waals surface area contributed by atoms with Crippen molar-refractivity contribution in [2.24, 2.45) is 5.92 Å². The van der Waals surface area contributed by atoms with Gasteiger partial charge >= 0.3 is 0 Å². The predicted octanol–water partition coefficient (Wildman–Crippen LogP) is 4.11. The highest BCUT2D eigenvalue weighted by atomic mass is 16.5. The normalized spacial score (nSPS) is 12.9. The first-order valence-corrected chi connectivity index (χ1v) is 7.47. The fourth-order valence-corrected chi connectivity index (χ4v) is 2.55. The molecule has 1 unspecified atom stereocenters. The zero-order valence-electron chi connectivity index (χ0n) is 12.7. The lowest BCUT2D eigenvalue weighted by Gasteiger charge is -2.11. The van der Waals surface area contributed by atoms with Crippen LogP contribution >= 0.6 is 0 Å². The molecule has 3 nitrogen and oxygen atoms in total. The van der Waals surface area contributed by atoms with Crippen LogP contribution in [0.25, 0.3) is 11.0 Å². The Labute approximate surface area is 121 Å². The van der Waals surface area contributed by atoms with E-state index in [1.165, 1.54) is 23.8 Å². The Bertz CT molecular complexity index is 533. The van der Waals surface area contributed by atoms with E-state index in [0.717, 1.165) is 24.5 Å². The largest absolute Gasteiger partial charge is 0.459 e. The summed E-state index contributed by atoms with van der Waals surface area (Å²) in [5, 5.41) is 4.32. The maximum atomic E-state index is 5.90. The van der Waals surface area contributed by atoms with Crippen molar-refractivity contribution >= 4 is 11.0 Å². The molecule has 1 aromatic heterocycles. The molecule has 3 heteroatoms. The van der Waals surface area contributed by atoms with Crippen molar-refractivity contribution in [1.82, 2.24) is 5.32 Å². The molecule has 0 aliphatic rings. The smallest absolute Gasteiger partial charge is 0.134 e. The second kappa shape index (κ2) is 7.46. The van der Waals surface area contributed by atoms with Crippen molar-refractivity contribution < 1.29 is 9.15 Å². The average Bonchev–Trinajstić information content (AvgIpc) is 2.78. The lowest BCUT2D eigenvalue weighted by molar-refractivity contribution is 0.0889. The van der Waals surface area contributed by atoms with Gasteiger partial charge in [0.2, 0.25) is 0 Å². The Hall–Kier alpha value is -1.32. The zero-order valence-corrected chi connectivity index (χ0v) is 12.7. The highest BCUT2D eigenvalue weighted by Gasteiger charge is 2.13. The Morgan fingerprint density at radius 3 is 2.85 bits per heavy atom. The summed E-state index contributed by atoms with van der Waals surface area (Å²) in [6.07, 6.45) is 2.43. The SMILES string of the molecule is CCCC(C)COCc1c(CNC)oc2ccccc12. The van der Waals surface area contributed by atoms with E-state index in [-0.39, 0.29) is 0 Å². The van der Waals surface area contributed by atoms with Crippen LogP contribution in [-0.2, 0) is 17.9 Å². The van der Waals surface area contributed by atoms with E-state index in [1.807, 2.05) is 25.2 Å².